The molecule has 1 aromatic rings. The molecule has 2 rings (SSSR count). The summed E-state index contributed by atoms with van der Waals surface area (Å²) in [6, 6.07) is 9.55. The number of aliphatic hydroxyl groups is 3. The predicted molar refractivity (Wildman–Crippen MR) is 121 cm³/mol. The summed E-state index contributed by atoms with van der Waals surface area (Å²) in [5, 5.41) is 31.0. The maximum Gasteiger partial charge on any atom is 0.306 e. The molecule has 1 aliphatic carbocycles. The van der Waals surface area contributed by atoms with Crippen LogP contribution in [-0.2, 0) is 9.53 Å². The summed E-state index contributed by atoms with van der Waals surface area (Å²) < 4.78 is 5.14. The maximum absolute atomic E-state index is 11.6. The molecule has 0 spiro atoms. The van der Waals surface area contributed by atoms with Crippen molar-refractivity contribution in [3.8, 4) is 11.8 Å². The lowest BCUT2D eigenvalue weighted by atomic mass is 9.85. The third kappa shape index (κ3) is 9.43. The molecule has 5 atom stereocenters. The van der Waals surface area contributed by atoms with Crippen LogP contribution in [0.3, 0.4) is 0 Å². The molecule has 0 aromatic heterocycles. The van der Waals surface area contributed by atoms with Gasteiger partial charge in [-0.15, -0.1) is 0 Å². The molecule has 3 N–H and O–H groups in total. The van der Waals surface area contributed by atoms with Gasteiger partial charge in [-0.2, -0.15) is 0 Å². The number of carbonyl (C=O) groups is 1. The molecule has 1 fully saturated rings. The molecule has 31 heavy (non-hydrogen) atoms. The van der Waals surface area contributed by atoms with E-state index in [1.54, 1.807) is 0 Å². The van der Waals surface area contributed by atoms with Crippen molar-refractivity contribution in [1.29, 1.82) is 0 Å². The van der Waals surface area contributed by atoms with E-state index in [-0.39, 0.29) is 23.9 Å². The van der Waals surface area contributed by atoms with Gasteiger partial charge in [-0.3, -0.25) is 4.79 Å². The lowest BCUT2D eigenvalue weighted by Gasteiger charge is -2.24. The van der Waals surface area contributed by atoms with Crippen LogP contribution < -0.4 is 0 Å². The molecule has 1 aliphatic rings. The lowest BCUT2D eigenvalue weighted by Crippen LogP contribution is -2.23. The van der Waals surface area contributed by atoms with E-state index in [4.69, 9.17) is 4.74 Å². The summed E-state index contributed by atoms with van der Waals surface area (Å²) >= 11 is 0. The second kappa shape index (κ2) is 13.5. The van der Waals surface area contributed by atoms with E-state index in [0.29, 0.717) is 25.7 Å². The number of benzene rings is 1. The SMILES string of the molecule is CC(C)OC(=O)CCCCCC[C@@H]1[C@@H](CCC(O)C#Cc2ccccc2)[C@H](O)C[C@@H]1O. The van der Waals surface area contributed by atoms with E-state index in [2.05, 4.69) is 11.8 Å². The second-order valence-electron chi connectivity index (χ2n) is 8.92. The summed E-state index contributed by atoms with van der Waals surface area (Å²) in [5.41, 5.74) is 0.869. The monoisotopic (exact) mass is 430 g/mol. The number of hydrogen-bond donors (Lipinski definition) is 3. The van der Waals surface area contributed by atoms with Crippen LogP contribution in [0.15, 0.2) is 30.3 Å². The Labute approximate surface area is 186 Å². The molecule has 0 bridgehead atoms. The Bertz CT molecular complexity index is 706. The van der Waals surface area contributed by atoms with Crippen LogP contribution in [0.25, 0.3) is 0 Å². The van der Waals surface area contributed by atoms with Gasteiger partial charge in [-0.1, -0.05) is 49.3 Å². The van der Waals surface area contributed by atoms with Crippen LogP contribution in [0, 0.1) is 23.7 Å². The van der Waals surface area contributed by atoms with Gasteiger partial charge < -0.3 is 20.1 Å². The van der Waals surface area contributed by atoms with E-state index in [1.807, 2.05) is 44.2 Å². The number of rotatable bonds is 11. The third-order valence-corrected chi connectivity index (χ3v) is 5.99. The normalized spacial score (nSPS) is 23.9. The second-order valence-corrected chi connectivity index (χ2v) is 8.92. The van der Waals surface area contributed by atoms with Gasteiger partial charge in [-0.05, 0) is 69.9 Å². The Morgan fingerprint density at radius 1 is 1.03 bits per heavy atom. The Morgan fingerprint density at radius 3 is 2.35 bits per heavy atom. The first-order chi connectivity index (χ1) is 14.9. The summed E-state index contributed by atoms with van der Waals surface area (Å²) in [4.78, 5) is 11.6. The number of unbranched alkanes of at least 4 members (excludes halogenated alkanes) is 3. The van der Waals surface area contributed by atoms with Crippen LogP contribution >= 0.6 is 0 Å². The van der Waals surface area contributed by atoms with Crippen molar-refractivity contribution < 1.29 is 24.9 Å². The highest BCUT2D eigenvalue weighted by atomic mass is 16.5. The van der Waals surface area contributed by atoms with Crippen molar-refractivity contribution in [2.45, 2.75) is 96.1 Å². The first kappa shape index (κ1) is 25.4. The molecule has 0 saturated heterocycles. The van der Waals surface area contributed by atoms with E-state index < -0.39 is 18.3 Å². The van der Waals surface area contributed by atoms with E-state index in [0.717, 1.165) is 37.7 Å². The van der Waals surface area contributed by atoms with Gasteiger partial charge in [0.05, 0.1) is 18.3 Å². The largest absolute Gasteiger partial charge is 0.463 e. The standard InChI is InChI=1S/C26H38O5/c1-19(2)31-26(30)13-9-4-3-8-12-22-23(25(29)18-24(22)28)17-16-21(27)15-14-20-10-6-5-7-11-20/h5-7,10-11,19,21-25,27-29H,3-4,8-9,12-13,16-18H2,1-2H3/t21?,22-,23-,24+,25-/m1/s1. The quantitative estimate of drug-likeness (QED) is 0.282. The number of hydrogen-bond acceptors (Lipinski definition) is 5. The van der Waals surface area contributed by atoms with Crippen LogP contribution in [0.5, 0.6) is 0 Å². The molecule has 172 valence electrons. The Kier molecular flexibility index (Phi) is 11.1. The lowest BCUT2D eigenvalue weighted by molar-refractivity contribution is -0.147. The van der Waals surface area contributed by atoms with Crippen LogP contribution in [-0.4, -0.2) is 45.7 Å². The maximum atomic E-state index is 11.6. The molecule has 0 radical (unpaired) electrons. The minimum Gasteiger partial charge on any atom is -0.463 e. The first-order valence-electron chi connectivity index (χ1n) is 11.7. The van der Waals surface area contributed by atoms with Gasteiger partial charge in [0.15, 0.2) is 0 Å². The molecular formula is C26H38O5. The molecule has 5 heteroatoms. The smallest absolute Gasteiger partial charge is 0.306 e. The molecule has 1 unspecified atom stereocenters. The predicted octanol–water partition coefficient (Wildman–Crippen LogP) is 3.83. The van der Waals surface area contributed by atoms with Crippen LogP contribution in [0.1, 0.15) is 77.2 Å². The van der Waals surface area contributed by atoms with Crippen molar-refractivity contribution in [3.63, 3.8) is 0 Å². The fourth-order valence-corrected chi connectivity index (χ4v) is 4.42. The van der Waals surface area contributed by atoms with Crippen LogP contribution in [0.4, 0.5) is 0 Å². The number of esters is 1. The van der Waals surface area contributed by atoms with Crippen molar-refractivity contribution in [1.82, 2.24) is 0 Å². The molecule has 5 nitrogen and oxygen atoms in total. The van der Waals surface area contributed by atoms with Crippen molar-refractivity contribution in [2.24, 2.45) is 11.8 Å². The topological polar surface area (TPSA) is 87.0 Å². The molecule has 1 saturated carbocycles. The number of carbonyl (C=O) groups excluding carboxylic acids is 1. The molecule has 0 amide bonds. The molecule has 1 aromatic carbocycles. The van der Waals surface area contributed by atoms with Crippen LogP contribution in [0.2, 0.25) is 0 Å². The average molecular weight is 431 g/mol. The third-order valence-electron chi connectivity index (χ3n) is 5.99. The van der Waals surface area contributed by atoms with Crippen molar-refractivity contribution in [3.05, 3.63) is 35.9 Å². The van der Waals surface area contributed by atoms with E-state index >= 15 is 0 Å². The summed E-state index contributed by atoms with van der Waals surface area (Å²) in [6.45, 7) is 3.70. The highest BCUT2D eigenvalue weighted by Gasteiger charge is 2.40. The fraction of sp³-hybridized carbons (Fsp3) is 0.654. The zero-order chi connectivity index (χ0) is 22.6. The van der Waals surface area contributed by atoms with Gasteiger partial charge in [0.2, 0.25) is 0 Å². The summed E-state index contributed by atoms with van der Waals surface area (Å²) in [7, 11) is 0. The highest BCUT2D eigenvalue weighted by molar-refractivity contribution is 5.69. The average Bonchev–Trinajstić information content (AvgIpc) is 3.00. The highest BCUT2D eigenvalue weighted by Crippen LogP contribution is 2.39. The number of aliphatic hydroxyl groups excluding tert-OH is 3. The first-order valence-corrected chi connectivity index (χ1v) is 11.7. The Morgan fingerprint density at radius 2 is 1.68 bits per heavy atom. The van der Waals surface area contributed by atoms with Gasteiger partial charge in [-0.25, -0.2) is 0 Å². The summed E-state index contributed by atoms with van der Waals surface area (Å²) in [6.07, 6.45) is 4.74. The van der Waals surface area contributed by atoms with Crippen molar-refractivity contribution >= 4 is 5.97 Å². The van der Waals surface area contributed by atoms with Gasteiger partial charge in [0.25, 0.3) is 0 Å². The fourth-order valence-electron chi connectivity index (χ4n) is 4.42. The summed E-state index contributed by atoms with van der Waals surface area (Å²) in [5.74, 6) is 5.75. The minimum atomic E-state index is -0.739. The van der Waals surface area contributed by atoms with Gasteiger partial charge >= 0.3 is 5.97 Å². The van der Waals surface area contributed by atoms with Gasteiger partial charge in [0, 0.05) is 12.0 Å². The van der Waals surface area contributed by atoms with E-state index in [9.17, 15) is 20.1 Å². The minimum absolute atomic E-state index is 0.0100. The van der Waals surface area contributed by atoms with E-state index in [1.165, 1.54) is 0 Å². The molecule has 0 heterocycles. The molecule has 0 aliphatic heterocycles. The van der Waals surface area contributed by atoms with Crippen molar-refractivity contribution in [2.75, 3.05) is 0 Å². The van der Waals surface area contributed by atoms with Gasteiger partial charge in [0.1, 0.15) is 6.10 Å². The zero-order valence-corrected chi connectivity index (χ0v) is 18.9. The zero-order valence-electron chi connectivity index (χ0n) is 18.9. The molecular weight excluding hydrogens is 392 g/mol. The Hall–Kier alpha value is -1.87. The Balaban J connectivity index is 1.70. The number of ether oxygens (including phenoxy) is 1.